The van der Waals surface area contributed by atoms with Gasteiger partial charge in [0.25, 0.3) is 5.91 Å². The molecule has 142 valence electrons. The summed E-state index contributed by atoms with van der Waals surface area (Å²) < 4.78 is 5.89. The van der Waals surface area contributed by atoms with Crippen molar-refractivity contribution >= 4 is 51.0 Å². The number of aliphatic imine (C=N–C) groups is 1. The van der Waals surface area contributed by atoms with Gasteiger partial charge in [-0.3, -0.25) is 9.79 Å². The van der Waals surface area contributed by atoms with E-state index in [1.807, 2.05) is 0 Å². The summed E-state index contributed by atoms with van der Waals surface area (Å²) in [6.07, 6.45) is 1.54. The number of carbonyl (C=O) groups is 1. The molecule has 0 saturated heterocycles. The standard InChI is InChI=1S/C21H16BrClN2O3/c1-28-19-11-15(22)9-14(20(19)26)12-24-17-5-7-18(8-6-17)25-21(27)13-3-2-4-16(23)10-13/h2-12,26H,1H3,(H,25,27). The number of phenols is 1. The fraction of sp³-hybridized carbons (Fsp3) is 0.0476. The highest BCUT2D eigenvalue weighted by molar-refractivity contribution is 9.10. The molecule has 2 N–H and O–H groups in total. The third-order valence-corrected chi connectivity index (χ3v) is 4.55. The number of nitrogens with one attached hydrogen (secondary N) is 1. The number of rotatable bonds is 5. The largest absolute Gasteiger partial charge is 0.504 e. The Morgan fingerprint density at radius 2 is 1.93 bits per heavy atom. The molecule has 0 aliphatic rings. The first-order chi connectivity index (χ1) is 13.5. The summed E-state index contributed by atoms with van der Waals surface area (Å²) in [5.41, 5.74) is 2.30. The van der Waals surface area contributed by atoms with Crippen LogP contribution in [0.5, 0.6) is 11.5 Å². The smallest absolute Gasteiger partial charge is 0.255 e. The predicted molar refractivity (Wildman–Crippen MR) is 115 cm³/mol. The number of methoxy groups -OCH3 is 1. The highest BCUT2D eigenvalue weighted by Crippen LogP contribution is 2.33. The number of hydrogen-bond donors (Lipinski definition) is 2. The number of halogens is 2. The van der Waals surface area contributed by atoms with Crippen LogP contribution < -0.4 is 10.1 Å². The van der Waals surface area contributed by atoms with E-state index in [0.717, 1.165) is 4.47 Å². The van der Waals surface area contributed by atoms with Crippen LogP contribution in [0.15, 0.2) is 70.1 Å². The van der Waals surface area contributed by atoms with Gasteiger partial charge in [-0.25, -0.2) is 0 Å². The van der Waals surface area contributed by atoms with Crippen molar-refractivity contribution in [1.29, 1.82) is 0 Å². The zero-order valence-corrected chi connectivity index (χ0v) is 17.2. The van der Waals surface area contributed by atoms with Crippen LogP contribution in [0.2, 0.25) is 5.02 Å². The topological polar surface area (TPSA) is 70.9 Å². The van der Waals surface area contributed by atoms with E-state index < -0.39 is 0 Å². The molecular formula is C21H16BrClN2O3. The maximum Gasteiger partial charge on any atom is 0.255 e. The minimum atomic E-state index is -0.245. The summed E-state index contributed by atoms with van der Waals surface area (Å²) >= 11 is 9.28. The van der Waals surface area contributed by atoms with E-state index in [1.54, 1.807) is 66.9 Å². The Bertz CT molecular complexity index is 1040. The van der Waals surface area contributed by atoms with E-state index in [4.69, 9.17) is 16.3 Å². The lowest BCUT2D eigenvalue weighted by Gasteiger charge is -2.07. The first kappa shape index (κ1) is 19.9. The van der Waals surface area contributed by atoms with Crippen LogP contribution in [0.25, 0.3) is 0 Å². The minimum Gasteiger partial charge on any atom is -0.504 e. The van der Waals surface area contributed by atoms with Crippen LogP contribution in [0.1, 0.15) is 15.9 Å². The third-order valence-electron chi connectivity index (χ3n) is 3.85. The van der Waals surface area contributed by atoms with Gasteiger partial charge in [-0.1, -0.05) is 33.6 Å². The summed E-state index contributed by atoms with van der Waals surface area (Å²) in [6.45, 7) is 0. The summed E-state index contributed by atoms with van der Waals surface area (Å²) in [5.74, 6) is 0.125. The molecule has 0 radical (unpaired) electrons. The maximum absolute atomic E-state index is 12.2. The van der Waals surface area contributed by atoms with Crippen LogP contribution >= 0.6 is 27.5 Å². The number of anilines is 1. The molecule has 0 aromatic heterocycles. The second kappa shape index (κ2) is 8.91. The number of nitrogens with zero attached hydrogens (tertiary/aromatic N) is 1. The van der Waals surface area contributed by atoms with E-state index in [9.17, 15) is 9.90 Å². The number of phenolic OH excluding ortho intramolecular Hbond substituents is 1. The van der Waals surface area contributed by atoms with Crippen molar-refractivity contribution in [2.24, 2.45) is 4.99 Å². The van der Waals surface area contributed by atoms with E-state index in [2.05, 4.69) is 26.2 Å². The molecule has 3 rings (SSSR count). The Balaban J connectivity index is 1.72. The van der Waals surface area contributed by atoms with Gasteiger partial charge in [0.1, 0.15) is 0 Å². The predicted octanol–water partition coefficient (Wildman–Crippen LogP) is 5.82. The van der Waals surface area contributed by atoms with Crippen molar-refractivity contribution < 1.29 is 14.6 Å². The van der Waals surface area contributed by atoms with Crippen molar-refractivity contribution in [1.82, 2.24) is 0 Å². The highest BCUT2D eigenvalue weighted by Gasteiger charge is 2.09. The number of ether oxygens (including phenoxy) is 1. The molecule has 0 atom stereocenters. The zero-order valence-electron chi connectivity index (χ0n) is 14.8. The second-order valence-corrected chi connectivity index (χ2v) is 7.17. The first-order valence-electron chi connectivity index (χ1n) is 8.24. The van der Waals surface area contributed by atoms with Crippen LogP contribution in [0.4, 0.5) is 11.4 Å². The number of hydrogen-bond acceptors (Lipinski definition) is 4. The second-order valence-electron chi connectivity index (χ2n) is 5.82. The molecular weight excluding hydrogens is 444 g/mol. The van der Waals surface area contributed by atoms with E-state index in [1.165, 1.54) is 7.11 Å². The van der Waals surface area contributed by atoms with Crippen molar-refractivity contribution in [2.75, 3.05) is 12.4 Å². The molecule has 7 heteroatoms. The molecule has 1 amide bonds. The molecule has 0 bridgehead atoms. The number of benzene rings is 3. The number of amides is 1. The van der Waals surface area contributed by atoms with Crippen molar-refractivity contribution in [2.45, 2.75) is 0 Å². The Hall–Kier alpha value is -2.83. The lowest BCUT2D eigenvalue weighted by atomic mass is 10.2. The summed E-state index contributed by atoms with van der Waals surface area (Å²) in [5, 5.41) is 13.5. The molecule has 0 spiro atoms. The van der Waals surface area contributed by atoms with Crippen molar-refractivity contribution in [3.8, 4) is 11.5 Å². The van der Waals surface area contributed by atoms with E-state index in [0.29, 0.717) is 33.3 Å². The monoisotopic (exact) mass is 458 g/mol. The fourth-order valence-electron chi connectivity index (χ4n) is 2.46. The Kier molecular flexibility index (Phi) is 6.34. The van der Waals surface area contributed by atoms with Gasteiger partial charge in [0.05, 0.1) is 12.8 Å². The number of aromatic hydroxyl groups is 1. The zero-order chi connectivity index (χ0) is 20.1. The molecule has 3 aromatic rings. The number of carbonyl (C=O) groups excluding carboxylic acids is 1. The van der Waals surface area contributed by atoms with Crippen LogP contribution in [0.3, 0.4) is 0 Å². The van der Waals surface area contributed by atoms with Gasteiger partial charge in [-0.15, -0.1) is 0 Å². The van der Waals surface area contributed by atoms with E-state index in [-0.39, 0.29) is 11.7 Å². The van der Waals surface area contributed by atoms with Crippen LogP contribution in [0, 0.1) is 0 Å². The molecule has 0 saturated carbocycles. The SMILES string of the molecule is COc1cc(Br)cc(C=Nc2ccc(NC(=O)c3cccc(Cl)c3)cc2)c1O. The van der Waals surface area contributed by atoms with Crippen LogP contribution in [-0.4, -0.2) is 24.3 Å². The average molecular weight is 460 g/mol. The van der Waals surface area contributed by atoms with Gasteiger partial charge in [0, 0.05) is 32.5 Å². The minimum absolute atomic E-state index is 0.0138. The average Bonchev–Trinajstić information content (AvgIpc) is 2.69. The molecule has 5 nitrogen and oxygen atoms in total. The van der Waals surface area contributed by atoms with Crippen LogP contribution in [-0.2, 0) is 0 Å². The first-order valence-corrected chi connectivity index (χ1v) is 9.41. The lowest BCUT2D eigenvalue weighted by molar-refractivity contribution is 0.102. The normalized spacial score (nSPS) is 10.8. The quantitative estimate of drug-likeness (QED) is 0.472. The molecule has 0 unspecified atom stereocenters. The molecule has 0 fully saturated rings. The van der Waals surface area contributed by atoms with Gasteiger partial charge >= 0.3 is 0 Å². The van der Waals surface area contributed by atoms with Crippen molar-refractivity contribution in [3.63, 3.8) is 0 Å². The molecule has 28 heavy (non-hydrogen) atoms. The summed E-state index contributed by atoms with van der Waals surface area (Å²) in [6, 6.07) is 17.2. The summed E-state index contributed by atoms with van der Waals surface area (Å²) in [4.78, 5) is 16.6. The molecule has 0 aliphatic carbocycles. The third kappa shape index (κ3) is 4.91. The van der Waals surface area contributed by atoms with Gasteiger partial charge in [-0.2, -0.15) is 0 Å². The lowest BCUT2D eigenvalue weighted by Crippen LogP contribution is -2.11. The molecule has 0 heterocycles. The van der Waals surface area contributed by atoms with Gasteiger partial charge in [0.2, 0.25) is 0 Å². The Labute approximate surface area is 175 Å². The highest BCUT2D eigenvalue weighted by atomic mass is 79.9. The maximum atomic E-state index is 12.2. The fourth-order valence-corrected chi connectivity index (χ4v) is 3.10. The Morgan fingerprint density at radius 1 is 1.18 bits per heavy atom. The molecule has 3 aromatic carbocycles. The van der Waals surface area contributed by atoms with Gasteiger partial charge in [0.15, 0.2) is 11.5 Å². The summed E-state index contributed by atoms with van der Waals surface area (Å²) in [7, 11) is 1.48. The van der Waals surface area contributed by atoms with Gasteiger partial charge in [-0.05, 0) is 54.6 Å². The van der Waals surface area contributed by atoms with Crippen molar-refractivity contribution in [3.05, 3.63) is 81.3 Å². The van der Waals surface area contributed by atoms with Gasteiger partial charge < -0.3 is 15.2 Å². The van der Waals surface area contributed by atoms with E-state index >= 15 is 0 Å². The molecule has 0 aliphatic heterocycles. The Morgan fingerprint density at radius 3 is 2.61 bits per heavy atom.